The molecule has 3 rings (SSSR count). The third-order valence-electron chi connectivity index (χ3n) is 5.68. The zero-order valence-corrected chi connectivity index (χ0v) is 19.9. The first kappa shape index (κ1) is 23.7. The summed E-state index contributed by atoms with van der Waals surface area (Å²) in [6, 6.07) is 12.1. The van der Waals surface area contributed by atoms with Crippen LogP contribution >= 0.6 is 0 Å². The van der Waals surface area contributed by atoms with Crippen LogP contribution in [0.25, 0.3) is 0 Å². The van der Waals surface area contributed by atoms with E-state index < -0.39 is 0 Å². The van der Waals surface area contributed by atoms with Gasteiger partial charge in [0.25, 0.3) is 0 Å². The topological polar surface area (TPSA) is 49.3 Å². The van der Waals surface area contributed by atoms with Gasteiger partial charge >= 0.3 is 0 Å². The summed E-state index contributed by atoms with van der Waals surface area (Å²) in [6.45, 7) is 8.66. The lowest BCUT2D eigenvalue weighted by atomic mass is 9.94. The second-order valence-electron chi connectivity index (χ2n) is 8.30. The third kappa shape index (κ3) is 6.52. The highest BCUT2D eigenvalue weighted by atomic mass is 16.6. The van der Waals surface area contributed by atoms with Gasteiger partial charge < -0.3 is 19.0 Å². The van der Waals surface area contributed by atoms with Crippen LogP contribution in [-0.2, 0) is 4.84 Å². The zero-order valence-electron chi connectivity index (χ0n) is 19.9. The van der Waals surface area contributed by atoms with Crippen molar-refractivity contribution in [1.29, 1.82) is 0 Å². The lowest BCUT2D eigenvalue weighted by molar-refractivity contribution is 0.0672. The van der Waals surface area contributed by atoms with Crippen molar-refractivity contribution in [3.8, 4) is 17.2 Å². The molecule has 1 aliphatic rings. The van der Waals surface area contributed by atoms with Crippen molar-refractivity contribution < 1.29 is 19.0 Å². The van der Waals surface area contributed by atoms with Crippen molar-refractivity contribution in [3.05, 3.63) is 65.2 Å². The van der Waals surface area contributed by atoms with E-state index in [1.54, 1.807) is 7.11 Å². The predicted molar refractivity (Wildman–Crippen MR) is 129 cm³/mol. The fourth-order valence-corrected chi connectivity index (χ4v) is 4.06. The van der Waals surface area contributed by atoms with Gasteiger partial charge in [-0.15, -0.1) is 0 Å². The Morgan fingerprint density at radius 3 is 2.28 bits per heavy atom. The standard InChI is InChI=1S/C27H35NO4/c1-6-7-15-30-26-16-19(2)27(20(3)17-26)32-25-10-8-9-24(18-25)31-23-13-11-22(12-14-23)21(4)28-29-5/h6-7,11-14,16-17,24-25H,8-10,15,18H2,1-5H3/b7-6+,28-21+. The molecular weight excluding hydrogens is 402 g/mol. The van der Waals surface area contributed by atoms with Gasteiger partial charge in [0.1, 0.15) is 43.2 Å². The predicted octanol–water partition coefficient (Wildman–Crippen LogP) is 6.40. The highest BCUT2D eigenvalue weighted by Gasteiger charge is 2.26. The summed E-state index contributed by atoms with van der Waals surface area (Å²) in [7, 11) is 1.55. The molecule has 0 amide bonds. The van der Waals surface area contributed by atoms with Crippen molar-refractivity contribution in [3.63, 3.8) is 0 Å². The minimum atomic E-state index is 0.149. The van der Waals surface area contributed by atoms with Crippen LogP contribution in [0.2, 0.25) is 0 Å². The number of benzene rings is 2. The van der Waals surface area contributed by atoms with Crippen LogP contribution in [0.1, 0.15) is 56.2 Å². The molecule has 1 fully saturated rings. The van der Waals surface area contributed by atoms with Crippen molar-refractivity contribution in [1.82, 2.24) is 0 Å². The average Bonchev–Trinajstić information content (AvgIpc) is 2.77. The fourth-order valence-electron chi connectivity index (χ4n) is 4.06. The Morgan fingerprint density at radius 1 is 1.00 bits per heavy atom. The molecule has 32 heavy (non-hydrogen) atoms. The van der Waals surface area contributed by atoms with E-state index >= 15 is 0 Å². The smallest absolute Gasteiger partial charge is 0.125 e. The lowest BCUT2D eigenvalue weighted by Gasteiger charge is -2.31. The summed E-state index contributed by atoms with van der Waals surface area (Å²) >= 11 is 0. The molecule has 0 aromatic heterocycles. The largest absolute Gasteiger partial charge is 0.490 e. The summed E-state index contributed by atoms with van der Waals surface area (Å²) in [5, 5.41) is 3.98. The molecule has 2 aromatic carbocycles. The molecule has 1 saturated carbocycles. The first-order valence-electron chi connectivity index (χ1n) is 11.4. The van der Waals surface area contributed by atoms with Crippen LogP contribution in [0, 0.1) is 13.8 Å². The maximum absolute atomic E-state index is 6.46. The summed E-state index contributed by atoms with van der Waals surface area (Å²) in [4.78, 5) is 4.85. The van der Waals surface area contributed by atoms with Crippen LogP contribution in [-0.4, -0.2) is 31.6 Å². The summed E-state index contributed by atoms with van der Waals surface area (Å²) in [6.07, 6.45) is 8.35. The van der Waals surface area contributed by atoms with Gasteiger partial charge in [0.15, 0.2) is 0 Å². The third-order valence-corrected chi connectivity index (χ3v) is 5.68. The van der Waals surface area contributed by atoms with E-state index in [0.717, 1.165) is 65.3 Å². The summed E-state index contributed by atoms with van der Waals surface area (Å²) in [5.74, 6) is 2.72. The van der Waals surface area contributed by atoms with Crippen LogP contribution < -0.4 is 14.2 Å². The average molecular weight is 438 g/mol. The maximum Gasteiger partial charge on any atom is 0.125 e. The van der Waals surface area contributed by atoms with Gasteiger partial charge in [0.05, 0.1) is 5.71 Å². The Morgan fingerprint density at radius 2 is 1.66 bits per heavy atom. The molecule has 0 heterocycles. The first-order chi connectivity index (χ1) is 15.5. The van der Waals surface area contributed by atoms with E-state index in [9.17, 15) is 0 Å². The van der Waals surface area contributed by atoms with Gasteiger partial charge in [0.2, 0.25) is 0 Å². The van der Waals surface area contributed by atoms with E-state index in [2.05, 4.69) is 31.1 Å². The lowest BCUT2D eigenvalue weighted by Crippen LogP contribution is -2.32. The Kier molecular flexibility index (Phi) is 8.60. The van der Waals surface area contributed by atoms with E-state index in [1.165, 1.54) is 0 Å². The minimum Gasteiger partial charge on any atom is -0.490 e. The van der Waals surface area contributed by atoms with Crippen LogP contribution in [0.5, 0.6) is 17.2 Å². The number of allylic oxidation sites excluding steroid dienone is 1. The Hall–Kier alpha value is -2.95. The molecule has 0 spiro atoms. The van der Waals surface area contributed by atoms with E-state index in [-0.39, 0.29) is 12.2 Å². The first-order valence-corrected chi connectivity index (χ1v) is 11.4. The maximum atomic E-state index is 6.46. The molecule has 2 atom stereocenters. The van der Waals surface area contributed by atoms with Gasteiger partial charge in [-0.3, -0.25) is 0 Å². The SMILES string of the molecule is C/C=C/COc1cc(C)c(OC2CCCC(Oc3ccc(/C(C)=N/OC)cc3)C2)c(C)c1. The molecule has 172 valence electrons. The molecule has 2 aromatic rings. The van der Waals surface area contributed by atoms with Crippen molar-refractivity contribution in [2.24, 2.45) is 5.16 Å². The quantitative estimate of drug-likeness (QED) is 0.259. The highest BCUT2D eigenvalue weighted by molar-refractivity contribution is 5.98. The monoisotopic (exact) mass is 437 g/mol. The van der Waals surface area contributed by atoms with Crippen molar-refractivity contribution >= 4 is 5.71 Å². The van der Waals surface area contributed by atoms with Gasteiger partial charge in [-0.05, 0) is 100 Å². The Bertz CT molecular complexity index is 910. The Balaban J connectivity index is 1.60. The van der Waals surface area contributed by atoms with Crippen LogP contribution in [0.4, 0.5) is 0 Å². The van der Waals surface area contributed by atoms with Crippen molar-refractivity contribution in [2.75, 3.05) is 13.7 Å². The summed E-state index contributed by atoms with van der Waals surface area (Å²) < 4.78 is 18.5. The van der Waals surface area contributed by atoms with E-state index in [4.69, 9.17) is 19.0 Å². The fraction of sp³-hybridized carbons (Fsp3) is 0.444. The molecule has 2 unspecified atom stereocenters. The van der Waals surface area contributed by atoms with Gasteiger partial charge in [-0.2, -0.15) is 0 Å². The van der Waals surface area contributed by atoms with Gasteiger partial charge in [0, 0.05) is 6.42 Å². The number of hydrogen-bond donors (Lipinski definition) is 0. The van der Waals surface area contributed by atoms with Gasteiger partial charge in [-0.25, -0.2) is 0 Å². The summed E-state index contributed by atoms with van der Waals surface area (Å²) in [5.41, 5.74) is 4.07. The van der Waals surface area contributed by atoms with Crippen LogP contribution in [0.3, 0.4) is 0 Å². The number of ether oxygens (including phenoxy) is 3. The number of nitrogens with zero attached hydrogens (tertiary/aromatic N) is 1. The molecule has 5 nitrogen and oxygen atoms in total. The van der Waals surface area contributed by atoms with E-state index in [1.807, 2.05) is 50.3 Å². The van der Waals surface area contributed by atoms with Gasteiger partial charge in [-0.1, -0.05) is 17.3 Å². The van der Waals surface area contributed by atoms with E-state index in [0.29, 0.717) is 6.61 Å². The number of aryl methyl sites for hydroxylation is 2. The number of oxime groups is 1. The molecular formula is C27H35NO4. The molecule has 0 aliphatic heterocycles. The van der Waals surface area contributed by atoms with Crippen LogP contribution in [0.15, 0.2) is 53.7 Å². The Labute approximate surface area is 192 Å². The molecule has 5 heteroatoms. The zero-order chi connectivity index (χ0) is 22.9. The number of rotatable bonds is 9. The van der Waals surface area contributed by atoms with Crippen molar-refractivity contribution in [2.45, 2.75) is 65.6 Å². The second kappa shape index (κ2) is 11.6. The second-order valence-corrected chi connectivity index (χ2v) is 8.30. The number of hydrogen-bond acceptors (Lipinski definition) is 5. The molecule has 0 radical (unpaired) electrons. The highest BCUT2D eigenvalue weighted by Crippen LogP contribution is 2.33. The molecule has 0 bridgehead atoms. The minimum absolute atomic E-state index is 0.149. The molecule has 1 aliphatic carbocycles. The normalized spacial score (nSPS) is 19.1. The molecule has 0 saturated heterocycles. The molecule has 0 N–H and O–H groups in total.